The van der Waals surface area contributed by atoms with E-state index in [0.29, 0.717) is 0 Å². The average molecular weight is 175 g/mol. The van der Waals surface area contributed by atoms with E-state index >= 15 is 0 Å². The first-order valence-corrected chi connectivity index (χ1v) is 4.38. The number of fused-ring (bicyclic) bond motifs is 1. The maximum atomic E-state index is 4.50. The Morgan fingerprint density at radius 1 is 1.38 bits per heavy atom. The van der Waals surface area contributed by atoms with E-state index in [0.717, 1.165) is 18.1 Å². The second-order valence-electron chi connectivity index (χ2n) is 3.18. The molecular formula is C10H13N3. The normalized spacial score (nSPS) is 16.2. The molecule has 1 N–H and O–H groups in total. The molecule has 3 nitrogen and oxygen atoms in total. The van der Waals surface area contributed by atoms with Gasteiger partial charge >= 0.3 is 0 Å². The smallest absolute Gasteiger partial charge is 0.116 e. The van der Waals surface area contributed by atoms with Gasteiger partial charge in [0.2, 0.25) is 0 Å². The molecule has 0 bridgehead atoms. The first-order valence-electron chi connectivity index (χ1n) is 4.38. The van der Waals surface area contributed by atoms with E-state index < -0.39 is 0 Å². The van der Waals surface area contributed by atoms with Crippen LogP contribution in [0.25, 0.3) is 0 Å². The fourth-order valence-electron chi connectivity index (χ4n) is 1.34. The minimum atomic E-state index is 0.841. The predicted molar refractivity (Wildman–Crippen MR) is 53.8 cm³/mol. The Morgan fingerprint density at radius 3 is 3.00 bits per heavy atom. The van der Waals surface area contributed by atoms with Crippen LogP contribution in [0, 0.1) is 0 Å². The van der Waals surface area contributed by atoms with Crippen LogP contribution in [0.15, 0.2) is 29.3 Å². The van der Waals surface area contributed by atoms with Crippen molar-refractivity contribution >= 4 is 11.5 Å². The zero-order valence-electron chi connectivity index (χ0n) is 7.91. The summed E-state index contributed by atoms with van der Waals surface area (Å²) >= 11 is 0. The molecule has 1 aliphatic heterocycles. The molecule has 0 saturated heterocycles. The van der Waals surface area contributed by atoms with Crippen LogP contribution in [0.3, 0.4) is 0 Å². The van der Waals surface area contributed by atoms with Crippen molar-refractivity contribution in [3.05, 3.63) is 29.8 Å². The van der Waals surface area contributed by atoms with Gasteiger partial charge in [-0.2, -0.15) is 0 Å². The number of nitrogens with one attached hydrogen (secondary N) is 1. The molecule has 1 aromatic rings. The minimum Gasteiger partial charge on any atom is -0.299 e. The van der Waals surface area contributed by atoms with Gasteiger partial charge < -0.3 is 0 Å². The van der Waals surface area contributed by atoms with Crippen LogP contribution in [0.4, 0.5) is 5.69 Å². The summed E-state index contributed by atoms with van der Waals surface area (Å²) < 4.78 is 0. The largest absolute Gasteiger partial charge is 0.299 e. The summed E-state index contributed by atoms with van der Waals surface area (Å²) in [7, 11) is 1.98. The van der Waals surface area contributed by atoms with Crippen molar-refractivity contribution < 1.29 is 0 Å². The molecule has 0 radical (unpaired) electrons. The standard InChI is InChI=1S/C10H13N3/c1-8-12-10-6-4-3-5-9(10)7-11-13(8)2/h3-6,11H,7H2,1-2H3. The van der Waals surface area contributed by atoms with Crippen LogP contribution in [0.5, 0.6) is 0 Å². The van der Waals surface area contributed by atoms with Crippen molar-refractivity contribution in [2.24, 2.45) is 4.99 Å². The van der Waals surface area contributed by atoms with Gasteiger partial charge in [-0.25, -0.2) is 10.4 Å². The molecule has 68 valence electrons. The Kier molecular flexibility index (Phi) is 2.02. The molecule has 1 heterocycles. The lowest BCUT2D eigenvalue weighted by molar-refractivity contribution is 0.365. The van der Waals surface area contributed by atoms with Gasteiger partial charge in [0.15, 0.2) is 0 Å². The molecule has 0 amide bonds. The Hall–Kier alpha value is -1.35. The van der Waals surface area contributed by atoms with E-state index in [2.05, 4.69) is 16.5 Å². The van der Waals surface area contributed by atoms with Crippen LogP contribution < -0.4 is 5.43 Å². The summed E-state index contributed by atoms with van der Waals surface area (Å²) in [4.78, 5) is 4.50. The highest BCUT2D eigenvalue weighted by Crippen LogP contribution is 2.20. The highest BCUT2D eigenvalue weighted by molar-refractivity contribution is 5.82. The van der Waals surface area contributed by atoms with Gasteiger partial charge in [0.1, 0.15) is 5.84 Å². The fourth-order valence-corrected chi connectivity index (χ4v) is 1.34. The van der Waals surface area contributed by atoms with Crippen LogP contribution in [-0.4, -0.2) is 17.9 Å². The third-order valence-electron chi connectivity index (χ3n) is 2.27. The number of amidine groups is 1. The molecule has 13 heavy (non-hydrogen) atoms. The van der Waals surface area contributed by atoms with Crippen LogP contribution in [0.2, 0.25) is 0 Å². The molecule has 0 aromatic heterocycles. The summed E-state index contributed by atoms with van der Waals surface area (Å²) in [5.74, 6) is 0.991. The maximum Gasteiger partial charge on any atom is 0.116 e. The number of hydrogen-bond donors (Lipinski definition) is 1. The molecule has 0 saturated carbocycles. The molecule has 0 fully saturated rings. The Bertz CT molecular complexity index is 344. The summed E-state index contributed by atoms with van der Waals surface area (Å²) in [6.07, 6.45) is 0. The number of hydrazine groups is 1. The molecule has 0 atom stereocenters. The zero-order valence-corrected chi connectivity index (χ0v) is 7.91. The second kappa shape index (κ2) is 3.18. The van der Waals surface area contributed by atoms with E-state index in [-0.39, 0.29) is 0 Å². The summed E-state index contributed by atoms with van der Waals surface area (Å²) in [5.41, 5.74) is 5.56. The third-order valence-corrected chi connectivity index (χ3v) is 2.27. The molecule has 3 heteroatoms. The van der Waals surface area contributed by atoms with Crippen LogP contribution >= 0.6 is 0 Å². The van der Waals surface area contributed by atoms with Crippen molar-refractivity contribution in [3.8, 4) is 0 Å². The minimum absolute atomic E-state index is 0.841. The van der Waals surface area contributed by atoms with E-state index in [1.54, 1.807) is 0 Å². The van der Waals surface area contributed by atoms with Gasteiger partial charge in [-0.1, -0.05) is 18.2 Å². The van der Waals surface area contributed by atoms with Crippen LogP contribution in [-0.2, 0) is 6.54 Å². The second-order valence-corrected chi connectivity index (χ2v) is 3.18. The lowest BCUT2D eigenvalue weighted by Gasteiger charge is -2.16. The van der Waals surface area contributed by atoms with E-state index in [4.69, 9.17) is 0 Å². The summed E-state index contributed by atoms with van der Waals surface area (Å²) in [6, 6.07) is 8.19. The number of rotatable bonds is 0. The van der Waals surface area contributed by atoms with Gasteiger partial charge in [-0.05, 0) is 18.6 Å². The highest BCUT2D eigenvalue weighted by atomic mass is 15.5. The van der Waals surface area contributed by atoms with Gasteiger partial charge in [-0.15, -0.1) is 0 Å². The van der Waals surface area contributed by atoms with Gasteiger partial charge in [0.05, 0.1) is 5.69 Å². The predicted octanol–water partition coefficient (Wildman–Crippen LogP) is 1.69. The van der Waals surface area contributed by atoms with E-state index in [1.165, 1.54) is 5.56 Å². The van der Waals surface area contributed by atoms with Gasteiger partial charge in [0.25, 0.3) is 0 Å². The molecule has 0 unspecified atom stereocenters. The van der Waals surface area contributed by atoms with Gasteiger partial charge in [-0.3, -0.25) is 5.01 Å². The molecule has 0 spiro atoms. The number of para-hydroxylation sites is 1. The molecule has 0 aliphatic carbocycles. The lowest BCUT2D eigenvalue weighted by atomic mass is 10.2. The highest BCUT2D eigenvalue weighted by Gasteiger charge is 2.08. The number of nitrogens with zero attached hydrogens (tertiary/aromatic N) is 2. The first kappa shape index (κ1) is 8.26. The Morgan fingerprint density at radius 2 is 2.15 bits per heavy atom. The first-order chi connectivity index (χ1) is 6.27. The zero-order chi connectivity index (χ0) is 9.26. The average Bonchev–Trinajstić information content (AvgIpc) is 2.28. The summed E-state index contributed by atoms with van der Waals surface area (Å²) in [6.45, 7) is 2.84. The third kappa shape index (κ3) is 1.55. The monoisotopic (exact) mass is 175 g/mol. The van der Waals surface area contributed by atoms with E-state index in [1.807, 2.05) is 37.2 Å². The number of aliphatic imine (C=N–C) groups is 1. The van der Waals surface area contributed by atoms with Gasteiger partial charge in [0, 0.05) is 13.6 Å². The SMILES string of the molecule is CC1=Nc2ccccc2CNN1C. The lowest BCUT2D eigenvalue weighted by Crippen LogP contribution is -2.36. The van der Waals surface area contributed by atoms with Crippen molar-refractivity contribution in [1.29, 1.82) is 0 Å². The number of benzene rings is 1. The fraction of sp³-hybridized carbons (Fsp3) is 0.300. The topological polar surface area (TPSA) is 27.6 Å². The number of hydrogen-bond acceptors (Lipinski definition) is 3. The summed E-state index contributed by atoms with van der Waals surface area (Å²) in [5, 5.41) is 1.94. The molecule has 1 aromatic carbocycles. The van der Waals surface area contributed by atoms with E-state index in [9.17, 15) is 0 Å². The van der Waals surface area contributed by atoms with Crippen molar-refractivity contribution in [2.75, 3.05) is 7.05 Å². The van der Waals surface area contributed by atoms with Crippen molar-refractivity contribution in [3.63, 3.8) is 0 Å². The van der Waals surface area contributed by atoms with Crippen LogP contribution in [0.1, 0.15) is 12.5 Å². The molecular weight excluding hydrogens is 162 g/mol. The van der Waals surface area contributed by atoms with Crippen molar-refractivity contribution in [1.82, 2.24) is 10.4 Å². The Labute approximate surface area is 78.1 Å². The Balaban J connectivity index is 2.45. The molecule has 1 aliphatic rings. The molecule has 2 rings (SSSR count). The van der Waals surface area contributed by atoms with Crippen molar-refractivity contribution in [2.45, 2.75) is 13.5 Å². The maximum absolute atomic E-state index is 4.50. The quantitative estimate of drug-likeness (QED) is 0.649.